The normalized spacial score (nSPS) is 23.2. The van der Waals surface area contributed by atoms with Gasteiger partial charge in [0.15, 0.2) is 5.79 Å². The molecule has 1 amide bonds. The summed E-state index contributed by atoms with van der Waals surface area (Å²) in [7, 11) is 0. The average molecular weight is 348 g/mol. The summed E-state index contributed by atoms with van der Waals surface area (Å²) < 4.78 is 16.9. The Morgan fingerprint density at radius 2 is 1.72 bits per heavy atom. The van der Waals surface area contributed by atoms with Crippen LogP contribution >= 0.6 is 0 Å². The highest BCUT2D eigenvalue weighted by atomic mass is 16.7. The fourth-order valence-electron chi connectivity index (χ4n) is 3.57. The van der Waals surface area contributed by atoms with Gasteiger partial charge in [-0.1, -0.05) is 0 Å². The topological polar surface area (TPSA) is 77.0 Å². The van der Waals surface area contributed by atoms with Gasteiger partial charge >= 0.3 is 0 Å². The molecule has 0 aromatic carbocycles. The molecule has 8 heteroatoms. The molecule has 8 nitrogen and oxygen atoms in total. The predicted octanol–water partition coefficient (Wildman–Crippen LogP) is 0.601. The first-order valence-corrected chi connectivity index (χ1v) is 8.91. The van der Waals surface area contributed by atoms with Crippen LogP contribution in [0.25, 0.3) is 0 Å². The summed E-state index contributed by atoms with van der Waals surface area (Å²) in [4.78, 5) is 25.7. The van der Waals surface area contributed by atoms with E-state index in [0.717, 1.165) is 31.6 Å². The van der Waals surface area contributed by atoms with Crippen LogP contribution in [-0.2, 0) is 14.2 Å². The predicted molar refractivity (Wildman–Crippen MR) is 89.6 cm³/mol. The zero-order valence-corrected chi connectivity index (χ0v) is 14.6. The number of ether oxygens (including phenoxy) is 3. The number of amides is 1. The van der Waals surface area contributed by atoms with Crippen LogP contribution in [0.1, 0.15) is 29.0 Å². The van der Waals surface area contributed by atoms with E-state index < -0.39 is 5.79 Å². The van der Waals surface area contributed by atoms with Gasteiger partial charge in [0, 0.05) is 44.7 Å². The van der Waals surface area contributed by atoms with Gasteiger partial charge in [0.05, 0.1) is 26.4 Å². The van der Waals surface area contributed by atoms with Crippen molar-refractivity contribution in [2.24, 2.45) is 0 Å². The molecule has 4 rings (SSSR count). The fraction of sp³-hybridized carbons (Fsp3) is 0.706. The monoisotopic (exact) mass is 348 g/mol. The van der Waals surface area contributed by atoms with Crippen molar-refractivity contribution >= 4 is 11.9 Å². The maximum Gasteiger partial charge on any atom is 0.272 e. The number of anilines is 1. The molecule has 3 aliphatic heterocycles. The molecular formula is C17H24N4O4. The molecule has 3 saturated heterocycles. The number of aryl methyl sites for hydroxylation is 1. The fourth-order valence-corrected chi connectivity index (χ4v) is 3.57. The van der Waals surface area contributed by atoms with Crippen LogP contribution in [0.4, 0.5) is 5.95 Å². The minimum Gasteiger partial charge on any atom is -0.378 e. The van der Waals surface area contributed by atoms with Gasteiger partial charge in [0.1, 0.15) is 5.69 Å². The van der Waals surface area contributed by atoms with E-state index in [1.807, 2.05) is 6.92 Å². The van der Waals surface area contributed by atoms with Crippen molar-refractivity contribution in [3.63, 3.8) is 0 Å². The Labute approximate surface area is 147 Å². The van der Waals surface area contributed by atoms with Crippen molar-refractivity contribution < 1.29 is 19.0 Å². The van der Waals surface area contributed by atoms with Crippen LogP contribution in [0.3, 0.4) is 0 Å². The number of nitrogens with zero attached hydrogens (tertiary/aromatic N) is 4. The lowest BCUT2D eigenvalue weighted by Gasteiger charge is -2.37. The molecule has 0 bridgehead atoms. The second kappa shape index (κ2) is 6.86. The molecule has 1 spiro atoms. The number of hydrogen-bond donors (Lipinski definition) is 0. The first-order chi connectivity index (χ1) is 12.2. The molecule has 0 atom stereocenters. The number of carbonyl (C=O) groups is 1. The maximum absolute atomic E-state index is 12.7. The summed E-state index contributed by atoms with van der Waals surface area (Å²) in [5, 5.41) is 0. The zero-order valence-electron chi connectivity index (χ0n) is 14.6. The van der Waals surface area contributed by atoms with E-state index in [0.29, 0.717) is 51.2 Å². The first kappa shape index (κ1) is 16.7. The number of rotatable bonds is 2. The van der Waals surface area contributed by atoms with Gasteiger partial charge in [-0.15, -0.1) is 0 Å². The number of aromatic nitrogens is 2. The van der Waals surface area contributed by atoms with Gasteiger partial charge in [-0.25, -0.2) is 9.97 Å². The van der Waals surface area contributed by atoms with E-state index in [1.165, 1.54) is 0 Å². The summed E-state index contributed by atoms with van der Waals surface area (Å²) in [6.45, 7) is 7.13. The summed E-state index contributed by atoms with van der Waals surface area (Å²) in [6.07, 6.45) is 1.58. The van der Waals surface area contributed by atoms with Crippen LogP contribution in [0.2, 0.25) is 0 Å². The Bertz CT molecular complexity index is 632. The van der Waals surface area contributed by atoms with Gasteiger partial charge in [-0.3, -0.25) is 4.79 Å². The van der Waals surface area contributed by atoms with Gasteiger partial charge in [0.2, 0.25) is 5.95 Å². The van der Waals surface area contributed by atoms with Crippen LogP contribution in [0, 0.1) is 6.92 Å². The average Bonchev–Trinajstić information content (AvgIpc) is 3.10. The molecule has 0 aliphatic carbocycles. The van der Waals surface area contributed by atoms with Gasteiger partial charge in [0.25, 0.3) is 5.91 Å². The Balaban J connectivity index is 1.49. The summed E-state index contributed by atoms with van der Waals surface area (Å²) in [5.41, 5.74) is 1.26. The van der Waals surface area contributed by atoms with Crippen molar-refractivity contribution in [3.8, 4) is 0 Å². The number of hydrogen-bond acceptors (Lipinski definition) is 7. The molecule has 4 heterocycles. The number of piperidine rings is 1. The summed E-state index contributed by atoms with van der Waals surface area (Å²) in [5.74, 6) is 0.141. The van der Waals surface area contributed by atoms with Crippen molar-refractivity contribution in [1.82, 2.24) is 14.9 Å². The van der Waals surface area contributed by atoms with E-state index in [4.69, 9.17) is 14.2 Å². The van der Waals surface area contributed by atoms with Crippen molar-refractivity contribution in [2.75, 3.05) is 57.5 Å². The Hall–Kier alpha value is -1.77. The summed E-state index contributed by atoms with van der Waals surface area (Å²) in [6, 6.07) is 1.76. The van der Waals surface area contributed by atoms with E-state index in [1.54, 1.807) is 11.0 Å². The largest absolute Gasteiger partial charge is 0.378 e. The van der Waals surface area contributed by atoms with Crippen LogP contribution in [0.5, 0.6) is 0 Å². The van der Waals surface area contributed by atoms with Crippen LogP contribution < -0.4 is 4.90 Å². The van der Waals surface area contributed by atoms with Gasteiger partial charge in [-0.05, 0) is 13.0 Å². The highest BCUT2D eigenvalue weighted by Gasteiger charge is 2.40. The zero-order chi connectivity index (χ0) is 17.3. The van der Waals surface area contributed by atoms with E-state index in [2.05, 4.69) is 14.9 Å². The molecule has 136 valence electrons. The van der Waals surface area contributed by atoms with E-state index >= 15 is 0 Å². The Kier molecular flexibility index (Phi) is 4.58. The SMILES string of the molecule is Cc1cc(C(=O)N2CCOCC2)nc(N2CCC3(CC2)OCCO3)n1. The smallest absolute Gasteiger partial charge is 0.272 e. The number of carbonyl (C=O) groups excluding carboxylic acids is 1. The third kappa shape index (κ3) is 3.47. The molecule has 0 radical (unpaired) electrons. The second-order valence-corrected chi connectivity index (χ2v) is 6.69. The van der Waals surface area contributed by atoms with Crippen LogP contribution in [0.15, 0.2) is 6.07 Å². The number of morpholine rings is 1. The Morgan fingerprint density at radius 1 is 1.04 bits per heavy atom. The van der Waals surface area contributed by atoms with Crippen molar-refractivity contribution in [3.05, 3.63) is 17.5 Å². The molecular weight excluding hydrogens is 324 g/mol. The van der Waals surface area contributed by atoms with Gasteiger partial charge < -0.3 is 24.0 Å². The van der Waals surface area contributed by atoms with Gasteiger partial charge in [-0.2, -0.15) is 0 Å². The van der Waals surface area contributed by atoms with Crippen molar-refractivity contribution in [2.45, 2.75) is 25.6 Å². The molecule has 3 aliphatic rings. The quantitative estimate of drug-likeness (QED) is 0.774. The lowest BCUT2D eigenvalue weighted by Crippen LogP contribution is -2.46. The molecule has 1 aromatic rings. The van der Waals surface area contributed by atoms with E-state index in [9.17, 15) is 4.79 Å². The molecule has 0 saturated carbocycles. The maximum atomic E-state index is 12.7. The minimum absolute atomic E-state index is 0.0500. The molecule has 0 unspecified atom stereocenters. The first-order valence-electron chi connectivity index (χ1n) is 8.91. The molecule has 25 heavy (non-hydrogen) atoms. The Morgan fingerprint density at radius 3 is 2.40 bits per heavy atom. The third-order valence-electron chi connectivity index (χ3n) is 4.98. The second-order valence-electron chi connectivity index (χ2n) is 6.69. The minimum atomic E-state index is -0.424. The lowest BCUT2D eigenvalue weighted by atomic mass is 10.0. The summed E-state index contributed by atoms with van der Waals surface area (Å²) >= 11 is 0. The van der Waals surface area contributed by atoms with Crippen LogP contribution in [-0.4, -0.2) is 79.2 Å². The highest BCUT2D eigenvalue weighted by molar-refractivity contribution is 5.92. The standard InChI is InChI=1S/C17H24N4O4/c1-13-12-14(15(22)20-6-8-23-9-7-20)19-16(18-13)21-4-2-17(3-5-21)24-10-11-25-17/h12H,2-11H2,1H3. The lowest BCUT2D eigenvalue weighted by molar-refractivity contribution is -0.169. The third-order valence-corrected chi connectivity index (χ3v) is 4.98. The van der Waals surface area contributed by atoms with E-state index in [-0.39, 0.29) is 5.91 Å². The molecule has 0 N–H and O–H groups in total. The highest BCUT2D eigenvalue weighted by Crippen LogP contribution is 2.32. The molecule has 1 aromatic heterocycles. The van der Waals surface area contributed by atoms with Crippen molar-refractivity contribution in [1.29, 1.82) is 0 Å². The molecule has 3 fully saturated rings.